The zero-order chi connectivity index (χ0) is 21.1. The second-order valence-corrected chi connectivity index (χ2v) is 7.63. The number of carbonyl (C=O) groups is 1. The maximum absolute atomic E-state index is 12.8. The highest BCUT2D eigenvalue weighted by atomic mass is 35.5. The summed E-state index contributed by atoms with van der Waals surface area (Å²) in [6.45, 7) is 0. The van der Waals surface area contributed by atoms with Crippen molar-refractivity contribution in [3.05, 3.63) is 106 Å². The summed E-state index contributed by atoms with van der Waals surface area (Å²) >= 11 is 12.3. The number of hydrogen-bond acceptors (Lipinski definition) is 3. The van der Waals surface area contributed by atoms with E-state index >= 15 is 0 Å². The minimum atomic E-state index is -0.845. The molecule has 5 nitrogen and oxygen atoms in total. The first kappa shape index (κ1) is 20.1. The Bertz CT molecular complexity index is 1130. The molecule has 0 saturated carbocycles. The topological polar surface area (TPSA) is 67.5 Å². The predicted molar refractivity (Wildman–Crippen MR) is 116 cm³/mol. The molecule has 1 amide bonds. The predicted octanol–water partition coefficient (Wildman–Crippen LogP) is 3.65. The summed E-state index contributed by atoms with van der Waals surface area (Å²) < 4.78 is 1.54. The molecule has 150 valence electrons. The van der Waals surface area contributed by atoms with Crippen LogP contribution in [0, 0.1) is 0 Å². The lowest BCUT2D eigenvalue weighted by atomic mass is 9.99. The molecule has 0 bridgehead atoms. The van der Waals surface area contributed by atoms with Crippen LogP contribution >= 0.6 is 23.2 Å². The van der Waals surface area contributed by atoms with Crippen molar-refractivity contribution in [2.45, 2.75) is 12.1 Å². The van der Waals surface area contributed by atoms with Crippen molar-refractivity contribution < 1.29 is 14.6 Å². The van der Waals surface area contributed by atoms with Crippen LogP contribution in [0.1, 0.15) is 27.5 Å². The molecule has 7 heteroatoms. The fourth-order valence-electron chi connectivity index (χ4n) is 3.33. The number of halogens is 2. The molecule has 1 aliphatic rings. The normalized spacial score (nSPS) is 19.5. The van der Waals surface area contributed by atoms with Crippen molar-refractivity contribution in [1.82, 2.24) is 5.32 Å². The van der Waals surface area contributed by atoms with Crippen LogP contribution in [-0.4, -0.2) is 28.7 Å². The van der Waals surface area contributed by atoms with E-state index in [0.717, 1.165) is 5.56 Å². The minimum absolute atomic E-state index is 0.337. The lowest BCUT2D eigenvalue weighted by Crippen LogP contribution is -2.47. The number of rotatable bonds is 4. The third-order valence-electron chi connectivity index (χ3n) is 4.78. The van der Waals surface area contributed by atoms with Gasteiger partial charge in [-0.05, 0) is 35.4 Å². The number of hydrazone groups is 1. The Balaban J connectivity index is 1.72. The molecule has 2 unspecified atom stereocenters. The Labute approximate surface area is 183 Å². The fraction of sp³-hybridized carbons (Fsp3) is 0.0870. The SMILES string of the molecule is O=C(NC1C([O-])=N/[N+](=C\c2ccc(Cl)cc2Cl)C1c1ccccc1)c1ccccc1. The van der Waals surface area contributed by atoms with Gasteiger partial charge in [-0.15, -0.1) is 0 Å². The van der Waals surface area contributed by atoms with Crippen LogP contribution in [0.3, 0.4) is 0 Å². The molecule has 4 rings (SSSR count). The van der Waals surface area contributed by atoms with E-state index in [2.05, 4.69) is 10.4 Å². The quantitative estimate of drug-likeness (QED) is 0.632. The van der Waals surface area contributed by atoms with E-state index in [1.807, 2.05) is 36.4 Å². The Kier molecular flexibility index (Phi) is 5.84. The van der Waals surface area contributed by atoms with Gasteiger partial charge >= 0.3 is 0 Å². The van der Waals surface area contributed by atoms with Crippen molar-refractivity contribution in [2.24, 2.45) is 5.10 Å². The highest BCUT2D eigenvalue weighted by molar-refractivity contribution is 6.36. The summed E-state index contributed by atoms with van der Waals surface area (Å²) in [4.78, 5) is 12.7. The molecule has 0 aliphatic carbocycles. The molecule has 30 heavy (non-hydrogen) atoms. The number of nitrogens with zero attached hydrogens (tertiary/aromatic N) is 2. The maximum Gasteiger partial charge on any atom is 0.252 e. The van der Waals surface area contributed by atoms with E-state index in [1.54, 1.807) is 53.4 Å². The van der Waals surface area contributed by atoms with Gasteiger partial charge in [-0.2, -0.15) is 0 Å². The summed E-state index contributed by atoms with van der Waals surface area (Å²) in [5.41, 5.74) is 1.97. The highest BCUT2D eigenvalue weighted by Crippen LogP contribution is 2.28. The smallest absolute Gasteiger partial charge is 0.252 e. The Morgan fingerprint density at radius 3 is 2.33 bits per heavy atom. The molecule has 1 N–H and O–H groups in total. The Morgan fingerprint density at radius 1 is 1.00 bits per heavy atom. The Morgan fingerprint density at radius 2 is 1.67 bits per heavy atom. The summed E-state index contributed by atoms with van der Waals surface area (Å²) in [5.74, 6) is -0.772. The summed E-state index contributed by atoms with van der Waals surface area (Å²) in [6.07, 6.45) is 1.68. The average molecular weight is 438 g/mol. The number of carbonyl (C=O) groups excluding carboxylic acids is 1. The summed E-state index contributed by atoms with van der Waals surface area (Å²) in [7, 11) is 0. The van der Waals surface area contributed by atoms with Gasteiger partial charge in [-0.25, -0.2) is 0 Å². The molecule has 0 radical (unpaired) electrons. The first-order valence-corrected chi connectivity index (χ1v) is 10.0. The fourth-order valence-corrected chi connectivity index (χ4v) is 3.79. The van der Waals surface area contributed by atoms with Crippen LogP contribution in [0.5, 0.6) is 0 Å². The average Bonchev–Trinajstić information content (AvgIpc) is 3.06. The second kappa shape index (κ2) is 8.69. The number of benzene rings is 3. The molecule has 0 fully saturated rings. The molecule has 2 atom stereocenters. The third kappa shape index (κ3) is 4.22. The van der Waals surface area contributed by atoms with E-state index in [4.69, 9.17) is 23.2 Å². The number of nitrogens with one attached hydrogen (secondary N) is 1. The van der Waals surface area contributed by atoms with Crippen molar-refractivity contribution in [2.75, 3.05) is 0 Å². The van der Waals surface area contributed by atoms with E-state index in [1.165, 1.54) is 0 Å². The molecule has 1 aliphatic heterocycles. The van der Waals surface area contributed by atoms with Gasteiger partial charge < -0.3 is 10.4 Å². The maximum atomic E-state index is 12.8. The van der Waals surface area contributed by atoms with Gasteiger partial charge in [-0.1, -0.05) is 76.4 Å². The summed E-state index contributed by atoms with van der Waals surface area (Å²) in [6, 6.07) is 21.9. The zero-order valence-electron chi connectivity index (χ0n) is 15.7. The first-order chi connectivity index (χ1) is 14.5. The monoisotopic (exact) mass is 437 g/mol. The molecule has 0 spiro atoms. The van der Waals surface area contributed by atoms with Crippen LogP contribution in [-0.2, 0) is 0 Å². The van der Waals surface area contributed by atoms with Crippen molar-refractivity contribution >= 4 is 41.2 Å². The highest BCUT2D eigenvalue weighted by Gasteiger charge is 2.41. The molecule has 0 aromatic heterocycles. The van der Waals surface area contributed by atoms with E-state index < -0.39 is 18.0 Å². The van der Waals surface area contributed by atoms with Crippen molar-refractivity contribution in [3.8, 4) is 0 Å². The van der Waals surface area contributed by atoms with Crippen LogP contribution < -0.4 is 10.4 Å². The molecule has 0 saturated heterocycles. The van der Waals surface area contributed by atoms with Gasteiger partial charge in [0, 0.05) is 16.1 Å². The molecule has 3 aromatic carbocycles. The van der Waals surface area contributed by atoms with Gasteiger partial charge in [0.25, 0.3) is 5.91 Å². The van der Waals surface area contributed by atoms with Crippen LogP contribution in [0.2, 0.25) is 10.0 Å². The van der Waals surface area contributed by atoms with E-state index in [-0.39, 0.29) is 5.91 Å². The number of hydrogen-bond donors (Lipinski definition) is 1. The van der Waals surface area contributed by atoms with Gasteiger partial charge in [0.2, 0.25) is 12.3 Å². The van der Waals surface area contributed by atoms with Gasteiger partial charge in [0.05, 0.1) is 16.5 Å². The van der Waals surface area contributed by atoms with Crippen LogP contribution in [0.15, 0.2) is 84.0 Å². The molecule has 1 heterocycles. The van der Waals surface area contributed by atoms with Gasteiger partial charge in [0.15, 0.2) is 0 Å². The number of amides is 1. The minimum Gasteiger partial charge on any atom is -0.856 e. The molecular weight excluding hydrogens is 421 g/mol. The van der Waals surface area contributed by atoms with Crippen molar-refractivity contribution in [1.29, 1.82) is 0 Å². The first-order valence-electron chi connectivity index (χ1n) is 9.27. The van der Waals surface area contributed by atoms with E-state index in [0.29, 0.717) is 21.2 Å². The van der Waals surface area contributed by atoms with Crippen LogP contribution in [0.25, 0.3) is 0 Å². The zero-order valence-corrected chi connectivity index (χ0v) is 17.2. The van der Waals surface area contributed by atoms with Crippen molar-refractivity contribution in [3.63, 3.8) is 0 Å². The molecular formula is C23H17Cl2N3O2. The lowest BCUT2D eigenvalue weighted by Gasteiger charge is -2.20. The third-order valence-corrected chi connectivity index (χ3v) is 5.34. The lowest BCUT2D eigenvalue weighted by molar-refractivity contribution is -0.565. The van der Waals surface area contributed by atoms with Gasteiger partial charge in [-0.3, -0.25) is 4.79 Å². The Hall–Kier alpha value is -3.15. The largest absolute Gasteiger partial charge is 0.856 e. The van der Waals surface area contributed by atoms with E-state index in [9.17, 15) is 9.90 Å². The van der Waals surface area contributed by atoms with Crippen LogP contribution in [0.4, 0.5) is 0 Å². The standard InChI is InChI=1S/C23H17Cl2N3O2/c24-18-12-11-17(19(25)13-18)14-28-21(15-7-3-1-4-8-15)20(23(30)27-28)26-22(29)16-9-5-2-6-10-16/h1-14,20-21H,(H-,26,27,29,30)/b28-14-. The van der Waals surface area contributed by atoms with Gasteiger partial charge in [0.1, 0.15) is 6.04 Å². The molecule has 3 aromatic rings. The summed E-state index contributed by atoms with van der Waals surface area (Å²) in [5, 5.41) is 20.7. The second-order valence-electron chi connectivity index (χ2n) is 6.79.